The van der Waals surface area contributed by atoms with Gasteiger partial charge < -0.3 is 9.47 Å². The van der Waals surface area contributed by atoms with Crippen LogP contribution >= 0.6 is 0 Å². The maximum Gasteiger partial charge on any atom is 0.336 e. The number of esters is 2. The highest BCUT2D eigenvalue weighted by Crippen LogP contribution is 2.08. The third-order valence-electron chi connectivity index (χ3n) is 2.54. The van der Waals surface area contributed by atoms with E-state index in [-0.39, 0.29) is 6.61 Å². The van der Waals surface area contributed by atoms with Crippen molar-refractivity contribution in [3.8, 4) is 5.75 Å². The Bertz CT molecular complexity index is 618. The molecule has 0 N–H and O–H groups in total. The number of ether oxygens (including phenoxy) is 2. The molecule has 2 aromatic carbocycles. The summed E-state index contributed by atoms with van der Waals surface area (Å²) >= 11 is 0. The average molecular weight is 282 g/mol. The van der Waals surface area contributed by atoms with Crippen LogP contribution in [0, 0.1) is 0 Å². The topological polar surface area (TPSA) is 52.6 Å². The quantitative estimate of drug-likeness (QED) is 0.480. The van der Waals surface area contributed by atoms with E-state index >= 15 is 0 Å². The molecular formula is C17H14O4. The number of rotatable bonds is 5. The van der Waals surface area contributed by atoms with Gasteiger partial charge in [0, 0.05) is 12.2 Å². The number of carbonyl (C=O) groups excluding carboxylic acids is 2. The Balaban J connectivity index is 1.78. The number of hydrogen-bond donors (Lipinski definition) is 0. The molecule has 0 unspecified atom stereocenters. The maximum absolute atomic E-state index is 11.5. The summed E-state index contributed by atoms with van der Waals surface area (Å²) in [4.78, 5) is 22.9. The third-order valence-corrected chi connectivity index (χ3v) is 2.54. The molecule has 4 heteroatoms. The van der Waals surface area contributed by atoms with Crippen LogP contribution in [0.4, 0.5) is 0 Å². The van der Waals surface area contributed by atoms with Crippen molar-refractivity contribution in [3.05, 3.63) is 78.4 Å². The fourth-order valence-electron chi connectivity index (χ4n) is 1.55. The van der Waals surface area contributed by atoms with E-state index < -0.39 is 11.9 Å². The SMILES string of the molecule is O=C(/C=C\C(=O)Oc1ccccc1)OCc1ccccc1. The van der Waals surface area contributed by atoms with Crippen molar-refractivity contribution in [1.29, 1.82) is 0 Å². The molecule has 4 nitrogen and oxygen atoms in total. The highest BCUT2D eigenvalue weighted by atomic mass is 16.5. The highest BCUT2D eigenvalue weighted by molar-refractivity contribution is 5.92. The first-order valence-corrected chi connectivity index (χ1v) is 6.39. The average Bonchev–Trinajstić information content (AvgIpc) is 2.53. The molecule has 21 heavy (non-hydrogen) atoms. The predicted octanol–water partition coefficient (Wildman–Crippen LogP) is 2.89. The van der Waals surface area contributed by atoms with Crippen LogP contribution in [-0.4, -0.2) is 11.9 Å². The summed E-state index contributed by atoms with van der Waals surface area (Å²) < 4.78 is 9.99. The van der Waals surface area contributed by atoms with Crippen LogP contribution in [0.2, 0.25) is 0 Å². The molecule has 106 valence electrons. The fourth-order valence-corrected chi connectivity index (χ4v) is 1.55. The second kappa shape index (κ2) is 7.65. The van der Waals surface area contributed by atoms with Crippen LogP contribution in [0.15, 0.2) is 72.8 Å². The lowest BCUT2D eigenvalue weighted by molar-refractivity contribution is -0.139. The molecule has 0 saturated heterocycles. The minimum absolute atomic E-state index is 0.164. The molecule has 0 fully saturated rings. The maximum atomic E-state index is 11.5. The molecule has 0 bridgehead atoms. The smallest absolute Gasteiger partial charge is 0.336 e. The molecule has 0 aliphatic heterocycles. The van der Waals surface area contributed by atoms with Gasteiger partial charge in [-0.15, -0.1) is 0 Å². The first-order chi connectivity index (χ1) is 10.2. The van der Waals surface area contributed by atoms with Gasteiger partial charge in [0.15, 0.2) is 0 Å². The van der Waals surface area contributed by atoms with E-state index in [1.165, 1.54) is 0 Å². The Labute approximate surface area is 122 Å². The zero-order chi connectivity index (χ0) is 14.9. The monoisotopic (exact) mass is 282 g/mol. The summed E-state index contributed by atoms with van der Waals surface area (Å²) in [5, 5.41) is 0. The summed E-state index contributed by atoms with van der Waals surface area (Å²) in [6.45, 7) is 0.164. The van der Waals surface area contributed by atoms with Gasteiger partial charge in [0.2, 0.25) is 0 Å². The molecule has 0 aromatic heterocycles. The number of benzene rings is 2. The van der Waals surface area contributed by atoms with E-state index in [2.05, 4.69) is 0 Å². The van der Waals surface area contributed by atoms with Crippen molar-refractivity contribution in [2.75, 3.05) is 0 Å². The zero-order valence-electron chi connectivity index (χ0n) is 11.3. The number of para-hydroxylation sites is 1. The molecule has 0 amide bonds. The van der Waals surface area contributed by atoms with Crippen molar-refractivity contribution in [1.82, 2.24) is 0 Å². The minimum atomic E-state index is -0.627. The largest absolute Gasteiger partial charge is 0.458 e. The van der Waals surface area contributed by atoms with Gasteiger partial charge in [-0.05, 0) is 17.7 Å². The Morgan fingerprint density at radius 3 is 2.05 bits per heavy atom. The first-order valence-electron chi connectivity index (χ1n) is 6.39. The van der Waals surface area contributed by atoms with Crippen LogP contribution < -0.4 is 4.74 Å². The van der Waals surface area contributed by atoms with Crippen LogP contribution in [0.5, 0.6) is 5.75 Å². The standard InChI is InChI=1S/C17H14O4/c18-16(20-13-14-7-3-1-4-8-14)11-12-17(19)21-15-9-5-2-6-10-15/h1-12H,13H2/b12-11-. The zero-order valence-corrected chi connectivity index (χ0v) is 11.3. The van der Waals surface area contributed by atoms with E-state index in [4.69, 9.17) is 9.47 Å². The molecule has 0 spiro atoms. The summed E-state index contributed by atoms with van der Waals surface area (Å²) in [5.41, 5.74) is 0.881. The lowest BCUT2D eigenvalue weighted by Crippen LogP contribution is -2.06. The molecule has 2 rings (SSSR count). The lowest BCUT2D eigenvalue weighted by atomic mass is 10.2. The van der Waals surface area contributed by atoms with Crippen LogP contribution in [-0.2, 0) is 20.9 Å². The van der Waals surface area contributed by atoms with Gasteiger partial charge in [0.05, 0.1) is 0 Å². The van der Waals surface area contributed by atoms with Crippen molar-refractivity contribution in [3.63, 3.8) is 0 Å². The molecule has 0 atom stereocenters. The van der Waals surface area contributed by atoms with Crippen LogP contribution in [0.1, 0.15) is 5.56 Å². The molecule has 0 radical (unpaired) electrons. The lowest BCUT2D eigenvalue weighted by Gasteiger charge is -2.02. The molecule has 0 aliphatic carbocycles. The Kier molecular flexibility index (Phi) is 5.29. The van der Waals surface area contributed by atoms with Gasteiger partial charge in [-0.25, -0.2) is 9.59 Å². The van der Waals surface area contributed by atoms with Crippen molar-refractivity contribution in [2.45, 2.75) is 6.61 Å². The normalized spacial score (nSPS) is 10.3. The fraction of sp³-hybridized carbons (Fsp3) is 0.0588. The first kappa shape index (κ1) is 14.5. The van der Waals surface area contributed by atoms with E-state index in [1.807, 2.05) is 36.4 Å². The van der Waals surface area contributed by atoms with Crippen molar-refractivity contribution < 1.29 is 19.1 Å². The second-order valence-corrected chi connectivity index (χ2v) is 4.16. The van der Waals surface area contributed by atoms with E-state index in [1.54, 1.807) is 24.3 Å². The van der Waals surface area contributed by atoms with Gasteiger partial charge >= 0.3 is 11.9 Å². The summed E-state index contributed by atoms with van der Waals surface area (Å²) in [7, 11) is 0. The molecule has 2 aromatic rings. The van der Waals surface area contributed by atoms with E-state index in [0.717, 1.165) is 17.7 Å². The molecule has 0 aliphatic rings. The number of hydrogen-bond acceptors (Lipinski definition) is 4. The van der Waals surface area contributed by atoms with Crippen LogP contribution in [0.25, 0.3) is 0 Å². The third kappa shape index (κ3) is 5.32. The Morgan fingerprint density at radius 1 is 0.810 bits per heavy atom. The number of carbonyl (C=O) groups is 2. The van der Waals surface area contributed by atoms with Gasteiger partial charge in [0.25, 0.3) is 0 Å². The molecular weight excluding hydrogens is 268 g/mol. The van der Waals surface area contributed by atoms with E-state index in [0.29, 0.717) is 5.75 Å². The van der Waals surface area contributed by atoms with Gasteiger partial charge in [-0.1, -0.05) is 48.5 Å². The Hall–Kier alpha value is -2.88. The minimum Gasteiger partial charge on any atom is -0.458 e. The van der Waals surface area contributed by atoms with Crippen LogP contribution in [0.3, 0.4) is 0 Å². The highest BCUT2D eigenvalue weighted by Gasteiger charge is 2.02. The molecule has 0 heterocycles. The summed E-state index contributed by atoms with van der Waals surface area (Å²) in [5.74, 6) is -0.800. The van der Waals surface area contributed by atoms with Crippen molar-refractivity contribution >= 4 is 11.9 Å². The van der Waals surface area contributed by atoms with Gasteiger partial charge in [-0.3, -0.25) is 0 Å². The summed E-state index contributed by atoms with van der Waals surface area (Å²) in [6.07, 6.45) is 2.09. The second-order valence-electron chi connectivity index (χ2n) is 4.16. The van der Waals surface area contributed by atoms with Crippen molar-refractivity contribution in [2.24, 2.45) is 0 Å². The van der Waals surface area contributed by atoms with E-state index in [9.17, 15) is 9.59 Å². The molecule has 0 saturated carbocycles. The predicted molar refractivity (Wildman–Crippen MR) is 77.5 cm³/mol. The van der Waals surface area contributed by atoms with Gasteiger partial charge in [-0.2, -0.15) is 0 Å². The summed E-state index contributed by atoms with van der Waals surface area (Å²) in [6, 6.07) is 17.9. The van der Waals surface area contributed by atoms with Gasteiger partial charge in [0.1, 0.15) is 12.4 Å². The Morgan fingerprint density at radius 2 is 1.38 bits per heavy atom.